The molecule has 0 aliphatic rings. The van der Waals surface area contributed by atoms with Gasteiger partial charge in [-0.1, -0.05) is 0 Å². The van der Waals surface area contributed by atoms with Gasteiger partial charge in [0.1, 0.15) is 0 Å². The van der Waals surface area contributed by atoms with Crippen LogP contribution in [0.25, 0.3) is 0 Å². The number of rotatable bonds is 9. The van der Waals surface area contributed by atoms with E-state index in [0.717, 1.165) is 12.7 Å². The minimum absolute atomic E-state index is 0. The molecule has 3 aromatic rings. The van der Waals surface area contributed by atoms with E-state index in [4.69, 9.17) is 0 Å². The van der Waals surface area contributed by atoms with Crippen molar-refractivity contribution in [3.63, 3.8) is 0 Å². The Morgan fingerprint density at radius 3 is 1.29 bits per heavy atom. The fourth-order valence-electron chi connectivity index (χ4n) is 3.99. The molecule has 0 aliphatic carbocycles. The zero-order chi connectivity index (χ0) is 19.0. The fraction of sp³-hybridized carbons (Fsp3) is 0.250. The molecule has 3 aromatic carbocycles. The Bertz CT molecular complexity index is 726. The van der Waals surface area contributed by atoms with E-state index in [0.29, 0.717) is 0 Å². The molecule has 0 radical (unpaired) electrons. The summed E-state index contributed by atoms with van der Waals surface area (Å²) < 4.78 is 0. The summed E-state index contributed by atoms with van der Waals surface area (Å²) in [5.74, 6) is 0. The first-order valence-corrected chi connectivity index (χ1v) is 14.3. The number of halogens is 2. The van der Waals surface area contributed by atoms with E-state index in [1.54, 1.807) is 0 Å². The standard InChI is InChI=1S/C24H29BrNP.BrH/c25-27(21-13-2-1-12-20-26,22-14-6-3-7-15-22,23-16-8-4-9-17-23)24-18-10-5-11-19-24;/h3-11,14-19H,1-2,12-13,20-21,26H2;1H. The van der Waals surface area contributed by atoms with Gasteiger partial charge in [-0.2, -0.15) is 0 Å². The van der Waals surface area contributed by atoms with Gasteiger partial charge in [0.05, 0.1) is 0 Å². The molecule has 0 amide bonds. The van der Waals surface area contributed by atoms with Gasteiger partial charge in [-0.15, -0.1) is 0 Å². The average Bonchev–Trinajstić information content (AvgIpc) is 2.75. The Hall–Kier alpha value is -0.990. The second kappa shape index (κ2) is 10.7. The van der Waals surface area contributed by atoms with Crippen molar-refractivity contribution < 1.29 is 22.7 Å². The number of hydrogen-bond acceptors (Lipinski definition) is 0. The molecule has 0 saturated heterocycles. The first-order chi connectivity index (χ1) is 13.2. The van der Waals surface area contributed by atoms with Crippen LogP contribution in [0.1, 0.15) is 25.7 Å². The summed E-state index contributed by atoms with van der Waals surface area (Å²) in [6.45, 7) is 1.04. The third-order valence-electron chi connectivity index (χ3n) is 5.46. The molecule has 0 atom stereocenters. The van der Waals surface area contributed by atoms with E-state index in [1.807, 2.05) is 0 Å². The van der Waals surface area contributed by atoms with Crippen molar-refractivity contribution in [2.75, 3.05) is 12.7 Å². The maximum atomic E-state index is 4.50. The SMILES string of the molecule is [Br-].[NH3+]CCCCCCP(Br)(c1ccccc1)(c1ccccc1)c1ccccc1. The topological polar surface area (TPSA) is 27.6 Å². The van der Waals surface area contributed by atoms with E-state index in [2.05, 4.69) is 112 Å². The molecule has 0 fully saturated rings. The summed E-state index contributed by atoms with van der Waals surface area (Å²) in [4.78, 5) is 0. The summed E-state index contributed by atoms with van der Waals surface area (Å²) in [5.41, 5.74) is 3.99. The second-order valence-electron chi connectivity index (χ2n) is 7.18. The van der Waals surface area contributed by atoms with Crippen LogP contribution in [-0.2, 0) is 0 Å². The van der Waals surface area contributed by atoms with Crippen LogP contribution in [0.4, 0.5) is 0 Å². The van der Waals surface area contributed by atoms with Crippen LogP contribution in [-0.4, -0.2) is 12.7 Å². The zero-order valence-corrected chi connectivity index (χ0v) is 20.4. The fourth-order valence-corrected chi connectivity index (χ4v) is 11.7. The predicted molar refractivity (Wildman–Crippen MR) is 125 cm³/mol. The molecule has 4 heteroatoms. The van der Waals surface area contributed by atoms with Crippen molar-refractivity contribution in [2.24, 2.45) is 0 Å². The van der Waals surface area contributed by atoms with Gasteiger partial charge in [-0.05, 0) is 0 Å². The molecule has 28 heavy (non-hydrogen) atoms. The normalized spacial score (nSPS) is 12.6. The van der Waals surface area contributed by atoms with Crippen LogP contribution in [0.15, 0.2) is 91.0 Å². The molecule has 0 bridgehead atoms. The van der Waals surface area contributed by atoms with Gasteiger partial charge in [0, 0.05) is 0 Å². The molecule has 150 valence electrons. The van der Waals surface area contributed by atoms with E-state index in [-0.39, 0.29) is 17.0 Å². The Balaban J connectivity index is 0.00000280. The maximum absolute atomic E-state index is 4.50. The molecule has 0 unspecified atom stereocenters. The Morgan fingerprint density at radius 1 is 0.571 bits per heavy atom. The van der Waals surface area contributed by atoms with Crippen molar-refractivity contribution >= 4 is 36.7 Å². The van der Waals surface area contributed by atoms with Gasteiger partial charge >= 0.3 is 172 Å². The Labute approximate surface area is 188 Å². The number of hydrogen-bond donors (Lipinski definition) is 1. The quantitative estimate of drug-likeness (QED) is 0.327. The molecular weight excluding hydrogens is 493 g/mol. The molecule has 0 aromatic heterocycles. The van der Waals surface area contributed by atoms with Crippen molar-refractivity contribution in [1.82, 2.24) is 0 Å². The molecule has 0 heterocycles. The average molecular weight is 523 g/mol. The first kappa shape index (κ1) is 23.3. The van der Waals surface area contributed by atoms with Crippen LogP contribution < -0.4 is 38.6 Å². The Morgan fingerprint density at radius 2 is 0.929 bits per heavy atom. The molecule has 1 nitrogen and oxygen atoms in total. The first-order valence-electron chi connectivity index (χ1n) is 9.89. The van der Waals surface area contributed by atoms with Crippen LogP contribution in [0, 0.1) is 0 Å². The third-order valence-corrected chi connectivity index (χ3v) is 15.5. The van der Waals surface area contributed by atoms with Crippen molar-refractivity contribution in [3.8, 4) is 0 Å². The van der Waals surface area contributed by atoms with Gasteiger partial charge in [0.2, 0.25) is 0 Å². The van der Waals surface area contributed by atoms with Crippen LogP contribution in [0.5, 0.6) is 0 Å². The van der Waals surface area contributed by atoms with Crippen LogP contribution >= 0.6 is 20.8 Å². The monoisotopic (exact) mass is 521 g/mol. The predicted octanol–water partition coefficient (Wildman–Crippen LogP) is 1.63. The van der Waals surface area contributed by atoms with E-state index in [9.17, 15) is 0 Å². The van der Waals surface area contributed by atoms with Crippen molar-refractivity contribution in [3.05, 3.63) is 91.0 Å². The summed E-state index contributed by atoms with van der Waals surface area (Å²) in [6.07, 6.45) is 6.09. The molecule has 0 spiro atoms. The number of quaternary nitrogens is 1. The number of benzene rings is 3. The molecule has 0 aliphatic heterocycles. The van der Waals surface area contributed by atoms with Gasteiger partial charge in [0.15, 0.2) is 0 Å². The summed E-state index contributed by atoms with van der Waals surface area (Å²) in [7, 11) is 0. The number of unbranched alkanes of at least 4 members (excludes halogenated alkanes) is 3. The van der Waals surface area contributed by atoms with Gasteiger partial charge in [-0.3, -0.25) is 0 Å². The van der Waals surface area contributed by atoms with Gasteiger partial charge in [0.25, 0.3) is 0 Å². The van der Waals surface area contributed by atoms with E-state index in [1.165, 1.54) is 41.6 Å². The minimum atomic E-state index is -2.70. The summed E-state index contributed by atoms with van der Waals surface area (Å²) in [6, 6.07) is 33.2. The van der Waals surface area contributed by atoms with Crippen LogP contribution in [0.3, 0.4) is 0 Å². The molecule has 3 N–H and O–H groups in total. The summed E-state index contributed by atoms with van der Waals surface area (Å²) in [5, 5.41) is 1.55. The third kappa shape index (κ3) is 4.60. The second-order valence-corrected chi connectivity index (χ2v) is 16.2. The van der Waals surface area contributed by atoms with E-state index < -0.39 is 5.31 Å². The van der Waals surface area contributed by atoms with E-state index >= 15 is 0 Å². The summed E-state index contributed by atoms with van der Waals surface area (Å²) >= 11 is 4.50. The van der Waals surface area contributed by atoms with Crippen LogP contribution in [0.2, 0.25) is 0 Å². The van der Waals surface area contributed by atoms with Crippen molar-refractivity contribution in [1.29, 1.82) is 0 Å². The van der Waals surface area contributed by atoms with Crippen molar-refractivity contribution in [2.45, 2.75) is 25.7 Å². The molecular formula is C24H30Br2NP. The molecule has 0 saturated carbocycles. The molecule has 3 rings (SSSR count). The van der Waals surface area contributed by atoms with Gasteiger partial charge in [-0.25, -0.2) is 0 Å². The van der Waals surface area contributed by atoms with Gasteiger partial charge < -0.3 is 17.0 Å². The Kier molecular flexibility index (Phi) is 8.89. The zero-order valence-electron chi connectivity index (χ0n) is 16.3.